The molecule has 0 saturated carbocycles. The summed E-state index contributed by atoms with van der Waals surface area (Å²) in [5, 5.41) is 11.1. The molecule has 0 aliphatic carbocycles. The lowest BCUT2D eigenvalue weighted by Gasteiger charge is -2.12. The molecule has 0 atom stereocenters. The average molecular weight is 395 g/mol. The van der Waals surface area contributed by atoms with Crippen LogP contribution in [0, 0.1) is 6.92 Å². The summed E-state index contributed by atoms with van der Waals surface area (Å²) >= 11 is 5.08. The Balaban J connectivity index is 1.81. The Morgan fingerprint density at radius 1 is 1.30 bits per heavy atom. The fourth-order valence-corrected chi connectivity index (χ4v) is 2.90. The number of hydrogen-bond acceptors (Lipinski definition) is 3. The van der Waals surface area contributed by atoms with Gasteiger partial charge in [-0.2, -0.15) is 0 Å². The molecule has 0 bridgehead atoms. The molecule has 0 aliphatic heterocycles. The quantitative estimate of drug-likeness (QED) is 0.539. The van der Waals surface area contributed by atoms with Crippen molar-refractivity contribution in [1.82, 2.24) is 10.6 Å². The third-order valence-electron chi connectivity index (χ3n) is 3.12. The van der Waals surface area contributed by atoms with Gasteiger partial charge in [0.15, 0.2) is 5.96 Å². The number of nitrogens with one attached hydrogen (secondary N) is 3. The Morgan fingerprint density at radius 2 is 2.13 bits per heavy atom. The van der Waals surface area contributed by atoms with Crippen LogP contribution in [0.3, 0.4) is 0 Å². The Labute approximate surface area is 148 Å². The number of nitrogens with zero attached hydrogens (tertiary/aromatic N) is 1. The van der Waals surface area contributed by atoms with Gasteiger partial charge >= 0.3 is 0 Å². The van der Waals surface area contributed by atoms with Crippen LogP contribution in [0.15, 0.2) is 45.2 Å². The van der Waals surface area contributed by atoms with E-state index in [1.165, 1.54) is 4.88 Å². The van der Waals surface area contributed by atoms with Gasteiger partial charge in [-0.05, 0) is 36.1 Å². The number of aryl methyl sites for hydroxylation is 1. The van der Waals surface area contributed by atoms with Crippen LogP contribution in [-0.4, -0.2) is 25.5 Å². The van der Waals surface area contributed by atoms with Gasteiger partial charge in [-0.1, -0.05) is 28.1 Å². The lowest BCUT2D eigenvalue weighted by Crippen LogP contribution is -2.41. The normalized spacial score (nSPS) is 11.2. The number of aliphatic imine (C=N–C) groups is 1. The SMILES string of the molecule is CN=C(NCC(=O)Nc1cc(Br)ccc1C)NCc1cccs1. The maximum Gasteiger partial charge on any atom is 0.243 e. The van der Waals surface area contributed by atoms with E-state index in [1.54, 1.807) is 18.4 Å². The molecule has 0 spiro atoms. The van der Waals surface area contributed by atoms with Crippen LogP contribution in [-0.2, 0) is 11.3 Å². The largest absolute Gasteiger partial charge is 0.352 e. The highest BCUT2D eigenvalue weighted by atomic mass is 79.9. The van der Waals surface area contributed by atoms with Gasteiger partial charge in [0.05, 0.1) is 13.1 Å². The third-order valence-corrected chi connectivity index (χ3v) is 4.49. The van der Waals surface area contributed by atoms with Crippen molar-refractivity contribution in [3.8, 4) is 0 Å². The Kier molecular flexibility index (Phi) is 6.61. The second kappa shape index (κ2) is 8.69. The fourth-order valence-electron chi connectivity index (χ4n) is 1.89. The molecule has 5 nitrogen and oxygen atoms in total. The van der Waals surface area contributed by atoms with Crippen LogP contribution in [0.25, 0.3) is 0 Å². The van der Waals surface area contributed by atoms with Crippen LogP contribution < -0.4 is 16.0 Å². The maximum absolute atomic E-state index is 12.1. The molecule has 1 aromatic carbocycles. The highest BCUT2D eigenvalue weighted by Gasteiger charge is 2.07. The van der Waals surface area contributed by atoms with E-state index >= 15 is 0 Å². The summed E-state index contributed by atoms with van der Waals surface area (Å²) in [6.45, 7) is 2.79. The number of carbonyl (C=O) groups is 1. The second-order valence-electron chi connectivity index (χ2n) is 4.87. The van der Waals surface area contributed by atoms with Crippen molar-refractivity contribution in [1.29, 1.82) is 0 Å². The number of thiophene rings is 1. The first-order valence-corrected chi connectivity index (χ1v) is 8.78. The van der Waals surface area contributed by atoms with Gasteiger partial charge in [-0.25, -0.2) is 0 Å². The summed E-state index contributed by atoms with van der Waals surface area (Å²) in [5.74, 6) is 0.477. The zero-order chi connectivity index (χ0) is 16.7. The molecule has 2 rings (SSSR count). The second-order valence-corrected chi connectivity index (χ2v) is 6.81. The minimum Gasteiger partial charge on any atom is -0.352 e. The Hall–Kier alpha value is -1.86. The van der Waals surface area contributed by atoms with Gasteiger partial charge < -0.3 is 16.0 Å². The number of hydrogen-bond donors (Lipinski definition) is 3. The molecule has 3 N–H and O–H groups in total. The van der Waals surface area contributed by atoms with Gasteiger partial charge in [0.2, 0.25) is 5.91 Å². The zero-order valence-electron chi connectivity index (χ0n) is 13.0. The number of benzene rings is 1. The summed E-state index contributed by atoms with van der Waals surface area (Å²) in [7, 11) is 1.68. The lowest BCUT2D eigenvalue weighted by atomic mass is 10.2. The van der Waals surface area contributed by atoms with Crippen molar-refractivity contribution in [3.63, 3.8) is 0 Å². The third kappa shape index (κ3) is 5.69. The topological polar surface area (TPSA) is 65.5 Å². The van der Waals surface area contributed by atoms with Crippen molar-refractivity contribution in [3.05, 3.63) is 50.6 Å². The van der Waals surface area contributed by atoms with E-state index in [0.29, 0.717) is 12.5 Å². The number of halogens is 1. The van der Waals surface area contributed by atoms with Crippen LogP contribution >= 0.6 is 27.3 Å². The monoisotopic (exact) mass is 394 g/mol. The van der Waals surface area contributed by atoms with Crippen molar-refractivity contribution >= 4 is 44.8 Å². The summed E-state index contributed by atoms with van der Waals surface area (Å²) in [5.41, 5.74) is 1.81. The molecule has 7 heteroatoms. The van der Waals surface area contributed by atoms with E-state index in [-0.39, 0.29) is 12.5 Å². The number of rotatable bonds is 5. The number of guanidine groups is 1. The van der Waals surface area contributed by atoms with Gasteiger partial charge in [0.25, 0.3) is 0 Å². The van der Waals surface area contributed by atoms with Gasteiger partial charge in [-0.15, -0.1) is 11.3 Å². The molecule has 1 amide bonds. The number of anilines is 1. The standard InChI is InChI=1S/C16H19BrN4OS/c1-11-5-6-12(17)8-14(11)21-15(22)10-20-16(18-2)19-9-13-4-3-7-23-13/h3-8H,9-10H2,1-2H3,(H,21,22)(H2,18,19,20). The molecular formula is C16H19BrN4OS. The minimum atomic E-state index is -0.120. The first kappa shape index (κ1) is 17.5. The first-order chi connectivity index (χ1) is 11.1. The van der Waals surface area contributed by atoms with Crippen LogP contribution in [0.1, 0.15) is 10.4 Å². The van der Waals surface area contributed by atoms with E-state index in [1.807, 2.05) is 42.6 Å². The van der Waals surface area contributed by atoms with E-state index < -0.39 is 0 Å². The molecule has 0 unspecified atom stereocenters. The van der Waals surface area contributed by atoms with Gasteiger partial charge in [0.1, 0.15) is 0 Å². The highest BCUT2D eigenvalue weighted by Crippen LogP contribution is 2.20. The van der Waals surface area contributed by atoms with Crippen LogP contribution in [0.4, 0.5) is 5.69 Å². The molecule has 1 heterocycles. The molecule has 1 aromatic heterocycles. The van der Waals surface area contributed by atoms with Gasteiger partial charge in [-0.3, -0.25) is 9.79 Å². The number of carbonyl (C=O) groups excluding carboxylic acids is 1. The smallest absolute Gasteiger partial charge is 0.243 e. The summed E-state index contributed by atoms with van der Waals surface area (Å²) in [4.78, 5) is 17.4. The predicted molar refractivity (Wildman–Crippen MR) is 100 cm³/mol. The molecule has 0 saturated heterocycles. The van der Waals surface area contributed by atoms with Crippen molar-refractivity contribution < 1.29 is 4.79 Å². The van der Waals surface area contributed by atoms with Crippen LogP contribution in [0.5, 0.6) is 0 Å². The molecule has 0 radical (unpaired) electrons. The summed E-state index contributed by atoms with van der Waals surface area (Å²) < 4.78 is 0.930. The van der Waals surface area contributed by atoms with Crippen LogP contribution in [0.2, 0.25) is 0 Å². The van der Waals surface area contributed by atoms with Gasteiger partial charge in [0, 0.05) is 22.1 Å². The van der Waals surface area contributed by atoms with Crippen molar-refractivity contribution in [2.24, 2.45) is 4.99 Å². The molecular weight excluding hydrogens is 376 g/mol. The first-order valence-electron chi connectivity index (χ1n) is 7.11. The average Bonchev–Trinajstić information content (AvgIpc) is 3.04. The Bertz CT molecular complexity index is 685. The predicted octanol–water partition coefficient (Wildman–Crippen LogP) is 3.12. The fraction of sp³-hybridized carbons (Fsp3) is 0.250. The Morgan fingerprint density at radius 3 is 2.83 bits per heavy atom. The van der Waals surface area contributed by atoms with E-state index in [0.717, 1.165) is 15.7 Å². The molecule has 122 valence electrons. The number of amides is 1. The molecule has 0 fully saturated rings. The highest BCUT2D eigenvalue weighted by molar-refractivity contribution is 9.10. The zero-order valence-corrected chi connectivity index (χ0v) is 15.4. The maximum atomic E-state index is 12.1. The van der Waals surface area contributed by atoms with E-state index in [9.17, 15) is 4.79 Å². The van der Waals surface area contributed by atoms with Crippen molar-refractivity contribution in [2.75, 3.05) is 18.9 Å². The minimum absolute atomic E-state index is 0.120. The summed E-state index contributed by atoms with van der Waals surface area (Å²) in [6, 6.07) is 9.84. The van der Waals surface area contributed by atoms with Crippen molar-refractivity contribution in [2.45, 2.75) is 13.5 Å². The molecule has 0 aliphatic rings. The summed E-state index contributed by atoms with van der Waals surface area (Å²) in [6.07, 6.45) is 0. The lowest BCUT2D eigenvalue weighted by molar-refractivity contribution is -0.115. The molecule has 23 heavy (non-hydrogen) atoms. The van der Waals surface area contributed by atoms with E-state index in [2.05, 4.69) is 36.9 Å². The molecule has 2 aromatic rings. The van der Waals surface area contributed by atoms with E-state index in [4.69, 9.17) is 0 Å².